The first-order valence-corrected chi connectivity index (χ1v) is 5.39. The summed E-state index contributed by atoms with van der Waals surface area (Å²) < 4.78 is 15.3. The number of nitrogens with zero attached hydrogens (tertiary/aromatic N) is 2. The van der Waals surface area contributed by atoms with Crippen LogP contribution < -0.4 is 11.3 Å². The van der Waals surface area contributed by atoms with Crippen LogP contribution in [0, 0.1) is 0 Å². The van der Waals surface area contributed by atoms with Crippen molar-refractivity contribution in [1.82, 2.24) is 9.47 Å². The summed E-state index contributed by atoms with van der Waals surface area (Å²) in [5.74, 6) is 0. The van der Waals surface area contributed by atoms with Gasteiger partial charge in [-0.15, -0.1) is 0 Å². The van der Waals surface area contributed by atoms with Crippen molar-refractivity contribution in [2.24, 2.45) is 0 Å². The molecule has 0 saturated carbocycles. The SMILES string of the molecule is CN1CC[C@@H](n2cccc(N)c2=O)[C@H](F)C1. The van der Waals surface area contributed by atoms with Crippen LogP contribution in [0.15, 0.2) is 23.1 Å². The predicted molar refractivity (Wildman–Crippen MR) is 61.2 cm³/mol. The summed E-state index contributed by atoms with van der Waals surface area (Å²) in [4.78, 5) is 13.7. The fourth-order valence-electron chi connectivity index (χ4n) is 2.15. The monoisotopic (exact) mass is 225 g/mol. The van der Waals surface area contributed by atoms with Gasteiger partial charge in [-0.1, -0.05) is 0 Å². The summed E-state index contributed by atoms with van der Waals surface area (Å²) >= 11 is 0. The Balaban J connectivity index is 2.31. The maximum Gasteiger partial charge on any atom is 0.274 e. The summed E-state index contributed by atoms with van der Waals surface area (Å²) in [5.41, 5.74) is 5.42. The Morgan fingerprint density at radius 1 is 1.56 bits per heavy atom. The van der Waals surface area contributed by atoms with E-state index in [1.54, 1.807) is 18.3 Å². The smallest absolute Gasteiger partial charge is 0.274 e. The molecule has 2 heterocycles. The largest absolute Gasteiger partial charge is 0.394 e. The second-order valence-corrected chi connectivity index (χ2v) is 4.31. The maximum atomic E-state index is 13.9. The number of anilines is 1. The molecule has 0 aromatic carbocycles. The van der Waals surface area contributed by atoms with Gasteiger partial charge in [0.1, 0.15) is 6.17 Å². The number of alkyl halides is 1. The number of aromatic nitrogens is 1. The van der Waals surface area contributed by atoms with Crippen molar-refractivity contribution in [2.45, 2.75) is 18.6 Å². The van der Waals surface area contributed by atoms with Gasteiger partial charge in [0.2, 0.25) is 0 Å². The zero-order valence-electron chi connectivity index (χ0n) is 9.27. The molecule has 1 aliphatic heterocycles. The molecular weight excluding hydrogens is 209 g/mol. The lowest BCUT2D eigenvalue weighted by atomic mass is 10.0. The Labute approximate surface area is 93.5 Å². The second-order valence-electron chi connectivity index (χ2n) is 4.31. The molecule has 88 valence electrons. The predicted octanol–water partition coefficient (Wildman–Crippen LogP) is 0.645. The van der Waals surface area contributed by atoms with Gasteiger partial charge < -0.3 is 15.2 Å². The highest BCUT2D eigenvalue weighted by Gasteiger charge is 2.29. The Hall–Kier alpha value is -1.36. The number of pyridine rings is 1. The molecule has 2 N–H and O–H groups in total. The number of piperidine rings is 1. The third-order valence-electron chi connectivity index (χ3n) is 3.07. The molecule has 16 heavy (non-hydrogen) atoms. The second kappa shape index (κ2) is 4.25. The Bertz CT molecular complexity index is 431. The Morgan fingerprint density at radius 3 is 3.00 bits per heavy atom. The van der Waals surface area contributed by atoms with Crippen LogP contribution in [0.3, 0.4) is 0 Å². The summed E-state index contributed by atoms with van der Waals surface area (Å²) in [5, 5.41) is 0. The average molecular weight is 225 g/mol. The molecular formula is C11H16FN3O. The van der Waals surface area contributed by atoms with E-state index >= 15 is 0 Å². The lowest BCUT2D eigenvalue weighted by Crippen LogP contribution is -2.43. The lowest BCUT2D eigenvalue weighted by molar-refractivity contribution is 0.105. The minimum atomic E-state index is -1.02. The fourth-order valence-corrected chi connectivity index (χ4v) is 2.15. The van der Waals surface area contributed by atoms with Gasteiger partial charge in [-0.05, 0) is 25.6 Å². The normalized spacial score (nSPS) is 26.9. The van der Waals surface area contributed by atoms with Crippen molar-refractivity contribution < 1.29 is 4.39 Å². The minimum Gasteiger partial charge on any atom is -0.394 e. The first-order valence-electron chi connectivity index (χ1n) is 5.39. The quantitative estimate of drug-likeness (QED) is 0.763. The Kier molecular flexibility index (Phi) is 2.96. The topological polar surface area (TPSA) is 51.3 Å². The van der Waals surface area contributed by atoms with Crippen molar-refractivity contribution >= 4 is 5.69 Å². The van der Waals surface area contributed by atoms with Crippen LogP contribution in [0.2, 0.25) is 0 Å². The first-order chi connectivity index (χ1) is 7.59. The highest BCUT2D eigenvalue weighted by molar-refractivity contribution is 5.33. The van der Waals surface area contributed by atoms with Gasteiger partial charge in [0.25, 0.3) is 5.56 Å². The van der Waals surface area contributed by atoms with Crippen LogP contribution in [0.1, 0.15) is 12.5 Å². The van der Waals surface area contributed by atoms with Gasteiger partial charge in [0.05, 0.1) is 11.7 Å². The Morgan fingerprint density at radius 2 is 2.31 bits per heavy atom. The van der Waals surface area contributed by atoms with E-state index in [4.69, 9.17) is 5.73 Å². The number of rotatable bonds is 1. The first kappa shape index (κ1) is 11.1. The molecule has 1 saturated heterocycles. The van der Waals surface area contributed by atoms with E-state index in [2.05, 4.69) is 0 Å². The van der Waals surface area contributed by atoms with Gasteiger partial charge in [-0.25, -0.2) is 4.39 Å². The van der Waals surface area contributed by atoms with Crippen molar-refractivity contribution in [1.29, 1.82) is 0 Å². The molecule has 0 radical (unpaired) electrons. The summed E-state index contributed by atoms with van der Waals surface area (Å²) in [7, 11) is 1.88. The summed E-state index contributed by atoms with van der Waals surface area (Å²) in [6.45, 7) is 1.16. The maximum absolute atomic E-state index is 13.9. The lowest BCUT2D eigenvalue weighted by Gasteiger charge is -2.33. The van der Waals surface area contributed by atoms with E-state index in [0.29, 0.717) is 13.0 Å². The van der Waals surface area contributed by atoms with Crippen molar-refractivity contribution in [3.05, 3.63) is 28.7 Å². The molecule has 0 amide bonds. The standard InChI is InChI=1S/C11H16FN3O/c1-14-6-4-10(8(12)7-14)15-5-2-3-9(13)11(15)16/h2-3,5,8,10H,4,6-7,13H2,1H3/t8-,10-/m1/s1. The number of hydrogen-bond acceptors (Lipinski definition) is 3. The summed E-state index contributed by atoms with van der Waals surface area (Å²) in [6, 6.07) is 2.84. The average Bonchev–Trinajstić information content (AvgIpc) is 2.23. The molecule has 0 bridgehead atoms. The van der Waals surface area contributed by atoms with Crippen LogP contribution in [-0.4, -0.2) is 35.8 Å². The van der Waals surface area contributed by atoms with E-state index in [1.807, 2.05) is 11.9 Å². The molecule has 2 atom stereocenters. The van der Waals surface area contributed by atoms with Crippen molar-refractivity contribution in [3.63, 3.8) is 0 Å². The third-order valence-corrected chi connectivity index (χ3v) is 3.07. The minimum absolute atomic E-state index is 0.175. The molecule has 1 fully saturated rings. The number of nitrogen functional groups attached to an aromatic ring is 1. The van der Waals surface area contributed by atoms with Crippen molar-refractivity contribution in [2.75, 3.05) is 25.9 Å². The van der Waals surface area contributed by atoms with E-state index in [9.17, 15) is 9.18 Å². The summed E-state index contributed by atoms with van der Waals surface area (Å²) in [6.07, 6.45) is 1.24. The van der Waals surface area contributed by atoms with Crippen LogP contribution >= 0.6 is 0 Å². The van der Waals surface area contributed by atoms with Gasteiger partial charge >= 0.3 is 0 Å². The van der Waals surface area contributed by atoms with Crippen LogP contribution in [0.4, 0.5) is 10.1 Å². The molecule has 1 aromatic rings. The van der Waals surface area contributed by atoms with Gasteiger partial charge in [0, 0.05) is 19.3 Å². The van der Waals surface area contributed by atoms with E-state index in [0.717, 1.165) is 6.54 Å². The van der Waals surface area contributed by atoms with E-state index in [1.165, 1.54) is 4.57 Å². The molecule has 0 spiro atoms. The van der Waals surface area contributed by atoms with Gasteiger partial charge in [-0.2, -0.15) is 0 Å². The molecule has 0 aliphatic carbocycles. The third kappa shape index (κ3) is 1.95. The molecule has 2 rings (SSSR count). The number of halogens is 1. The van der Waals surface area contributed by atoms with Gasteiger partial charge in [0.15, 0.2) is 0 Å². The molecule has 0 unspecified atom stereocenters. The highest BCUT2D eigenvalue weighted by Crippen LogP contribution is 2.23. The number of hydrogen-bond donors (Lipinski definition) is 1. The molecule has 1 aliphatic rings. The molecule has 1 aromatic heterocycles. The number of nitrogens with two attached hydrogens (primary N) is 1. The zero-order chi connectivity index (χ0) is 11.7. The highest BCUT2D eigenvalue weighted by atomic mass is 19.1. The van der Waals surface area contributed by atoms with Crippen molar-refractivity contribution in [3.8, 4) is 0 Å². The van der Waals surface area contributed by atoms with Crippen LogP contribution in [0.5, 0.6) is 0 Å². The zero-order valence-corrected chi connectivity index (χ0v) is 9.27. The number of likely N-dealkylation sites (tertiary alicyclic amines) is 1. The van der Waals surface area contributed by atoms with E-state index in [-0.39, 0.29) is 17.3 Å². The van der Waals surface area contributed by atoms with Gasteiger partial charge in [-0.3, -0.25) is 4.79 Å². The van der Waals surface area contributed by atoms with E-state index < -0.39 is 6.17 Å². The molecule has 4 nitrogen and oxygen atoms in total. The van der Waals surface area contributed by atoms with Crippen LogP contribution in [-0.2, 0) is 0 Å². The fraction of sp³-hybridized carbons (Fsp3) is 0.545. The van der Waals surface area contributed by atoms with Crippen LogP contribution in [0.25, 0.3) is 0 Å². The molecule has 5 heteroatoms.